The molecule has 0 bridgehead atoms. The fraction of sp³-hybridized carbons (Fsp3) is 0.105. The van der Waals surface area contributed by atoms with Gasteiger partial charge >= 0.3 is 0 Å². The van der Waals surface area contributed by atoms with Gasteiger partial charge in [0.05, 0.1) is 6.21 Å². The average Bonchev–Trinajstić information content (AvgIpc) is 2.83. The molecule has 0 aliphatic carbocycles. The average molecular weight is 290 g/mol. The predicted octanol–water partition coefficient (Wildman–Crippen LogP) is 4.57. The lowest BCUT2D eigenvalue weighted by Gasteiger charge is -2.10. The number of rotatable bonds is 3. The van der Waals surface area contributed by atoms with Crippen molar-refractivity contribution in [2.75, 3.05) is 0 Å². The summed E-state index contributed by atoms with van der Waals surface area (Å²) in [4.78, 5) is 0. The summed E-state index contributed by atoms with van der Waals surface area (Å²) in [5, 5.41) is 11.9. The Morgan fingerprint density at radius 2 is 1.55 bits per heavy atom. The van der Waals surface area contributed by atoms with Crippen LogP contribution >= 0.6 is 0 Å². The van der Waals surface area contributed by atoms with Crippen LogP contribution in [0.2, 0.25) is 0 Å². The van der Waals surface area contributed by atoms with E-state index in [1.54, 1.807) is 0 Å². The number of aryl methyl sites for hydroxylation is 1. The second-order valence-electron chi connectivity index (χ2n) is 5.32. The van der Waals surface area contributed by atoms with Crippen molar-refractivity contribution in [2.24, 2.45) is 5.16 Å². The second kappa shape index (κ2) is 5.90. The Labute approximate surface area is 130 Å². The molecule has 0 fully saturated rings. The lowest BCUT2D eigenvalue weighted by molar-refractivity contribution is 0.322. The summed E-state index contributed by atoms with van der Waals surface area (Å²) in [5.74, 6) is 0. The highest BCUT2D eigenvalue weighted by molar-refractivity contribution is 5.81. The Bertz CT molecular complexity index is 799. The highest BCUT2D eigenvalue weighted by atomic mass is 16.4. The van der Waals surface area contributed by atoms with Gasteiger partial charge in [-0.1, -0.05) is 47.6 Å². The molecule has 0 unspecified atom stereocenters. The smallest absolute Gasteiger partial charge is 0.0752 e. The third-order valence-corrected chi connectivity index (χ3v) is 3.90. The topological polar surface area (TPSA) is 37.5 Å². The normalized spacial score (nSPS) is 11.2. The highest BCUT2D eigenvalue weighted by Gasteiger charge is 2.09. The van der Waals surface area contributed by atoms with Gasteiger partial charge in [-0.2, -0.15) is 0 Å². The minimum atomic E-state index is 0.923. The lowest BCUT2D eigenvalue weighted by Crippen LogP contribution is -1.99. The largest absolute Gasteiger partial charge is 0.411 e. The van der Waals surface area contributed by atoms with Crippen LogP contribution in [0.5, 0.6) is 0 Å². The van der Waals surface area contributed by atoms with E-state index in [1.165, 1.54) is 17.3 Å². The third kappa shape index (κ3) is 2.53. The van der Waals surface area contributed by atoms with E-state index >= 15 is 0 Å². The zero-order chi connectivity index (χ0) is 15.5. The van der Waals surface area contributed by atoms with E-state index in [0.717, 1.165) is 22.6 Å². The van der Waals surface area contributed by atoms with Gasteiger partial charge in [0, 0.05) is 22.6 Å². The molecule has 1 aromatic heterocycles. The Hall–Kier alpha value is -2.81. The van der Waals surface area contributed by atoms with Crippen molar-refractivity contribution < 1.29 is 5.21 Å². The van der Waals surface area contributed by atoms with Crippen molar-refractivity contribution in [2.45, 2.75) is 13.8 Å². The van der Waals surface area contributed by atoms with Gasteiger partial charge in [0.1, 0.15) is 0 Å². The molecule has 0 radical (unpaired) electrons. The summed E-state index contributed by atoms with van der Waals surface area (Å²) in [7, 11) is 0. The van der Waals surface area contributed by atoms with Gasteiger partial charge in [-0.3, -0.25) is 0 Å². The molecule has 0 aliphatic rings. The van der Waals surface area contributed by atoms with Crippen molar-refractivity contribution in [3.05, 3.63) is 77.6 Å². The van der Waals surface area contributed by atoms with Crippen LogP contribution in [0.4, 0.5) is 0 Å². The third-order valence-electron chi connectivity index (χ3n) is 3.90. The second-order valence-corrected chi connectivity index (χ2v) is 5.32. The van der Waals surface area contributed by atoms with E-state index < -0.39 is 0 Å². The molecule has 1 N–H and O–H groups in total. The molecule has 0 saturated heterocycles. The Balaban J connectivity index is 2.00. The number of hydrogen-bond acceptors (Lipinski definition) is 2. The monoisotopic (exact) mass is 290 g/mol. The molecule has 1 heterocycles. The van der Waals surface area contributed by atoms with Crippen LogP contribution in [0.3, 0.4) is 0 Å². The van der Waals surface area contributed by atoms with E-state index in [2.05, 4.69) is 46.1 Å². The minimum Gasteiger partial charge on any atom is -0.411 e. The van der Waals surface area contributed by atoms with Crippen LogP contribution in [0, 0.1) is 13.8 Å². The van der Waals surface area contributed by atoms with Crippen molar-refractivity contribution in [3.63, 3.8) is 0 Å². The highest BCUT2D eigenvalue weighted by Crippen LogP contribution is 2.24. The first-order valence-corrected chi connectivity index (χ1v) is 7.23. The van der Waals surface area contributed by atoms with Crippen LogP contribution in [0.25, 0.3) is 16.8 Å². The lowest BCUT2D eigenvalue weighted by atomic mass is 10.1. The van der Waals surface area contributed by atoms with E-state index in [0.29, 0.717) is 0 Å². The fourth-order valence-corrected chi connectivity index (χ4v) is 2.81. The van der Waals surface area contributed by atoms with Crippen molar-refractivity contribution in [1.29, 1.82) is 0 Å². The van der Waals surface area contributed by atoms with E-state index in [9.17, 15) is 0 Å². The maximum absolute atomic E-state index is 8.74. The molecule has 0 saturated carbocycles. The van der Waals surface area contributed by atoms with Gasteiger partial charge in [-0.15, -0.1) is 0 Å². The van der Waals surface area contributed by atoms with E-state index in [4.69, 9.17) is 5.21 Å². The van der Waals surface area contributed by atoms with Crippen molar-refractivity contribution in [3.8, 4) is 16.8 Å². The summed E-state index contributed by atoms with van der Waals surface area (Å²) in [6.45, 7) is 4.07. The molecule has 22 heavy (non-hydrogen) atoms. The molecular weight excluding hydrogens is 272 g/mol. The van der Waals surface area contributed by atoms with Gasteiger partial charge in [-0.25, -0.2) is 0 Å². The Kier molecular flexibility index (Phi) is 3.79. The molecule has 3 rings (SSSR count). The number of nitrogens with zero attached hydrogens (tertiary/aromatic N) is 2. The quantitative estimate of drug-likeness (QED) is 0.428. The number of hydrogen-bond donors (Lipinski definition) is 1. The number of oxime groups is 1. The Morgan fingerprint density at radius 1 is 0.909 bits per heavy atom. The molecule has 3 aromatic rings. The predicted molar refractivity (Wildman–Crippen MR) is 90.1 cm³/mol. The molecule has 0 aliphatic heterocycles. The van der Waals surface area contributed by atoms with Gasteiger partial charge in [0.25, 0.3) is 0 Å². The standard InChI is InChI=1S/C19H18N2O/c1-14-12-18(13-20-22)15(2)21(14)19-10-8-17(9-11-19)16-6-4-3-5-7-16/h3-13,22H,1-2H3. The summed E-state index contributed by atoms with van der Waals surface area (Å²) < 4.78 is 2.16. The maximum atomic E-state index is 8.74. The molecule has 0 spiro atoms. The molecule has 110 valence electrons. The summed E-state index contributed by atoms with van der Waals surface area (Å²) >= 11 is 0. The van der Waals surface area contributed by atoms with Crippen LogP contribution < -0.4 is 0 Å². The van der Waals surface area contributed by atoms with Gasteiger partial charge < -0.3 is 9.77 Å². The zero-order valence-corrected chi connectivity index (χ0v) is 12.7. The molecule has 0 amide bonds. The first kappa shape index (κ1) is 14.1. The van der Waals surface area contributed by atoms with Gasteiger partial charge in [0.15, 0.2) is 0 Å². The fourth-order valence-electron chi connectivity index (χ4n) is 2.81. The Morgan fingerprint density at radius 3 is 2.18 bits per heavy atom. The van der Waals surface area contributed by atoms with Crippen LogP contribution in [0.1, 0.15) is 17.0 Å². The first-order chi connectivity index (χ1) is 10.7. The summed E-state index contributed by atoms with van der Waals surface area (Å²) in [6.07, 6.45) is 1.47. The molecular formula is C19H18N2O. The summed E-state index contributed by atoms with van der Waals surface area (Å²) in [6, 6.07) is 20.8. The van der Waals surface area contributed by atoms with Gasteiger partial charge in [-0.05, 0) is 43.2 Å². The van der Waals surface area contributed by atoms with Crippen molar-refractivity contribution >= 4 is 6.21 Å². The SMILES string of the molecule is Cc1cc(C=NO)c(C)n1-c1ccc(-c2ccccc2)cc1. The van der Waals surface area contributed by atoms with Crippen LogP contribution in [0.15, 0.2) is 65.8 Å². The van der Waals surface area contributed by atoms with E-state index in [1.807, 2.05) is 38.1 Å². The van der Waals surface area contributed by atoms with Crippen LogP contribution in [-0.2, 0) is 0 Å². The van der Waals surface area contributed by atoms with Gasteiger partial charge in [0.2, 0.25) is 0 Å². The summed E-state index contributed by atoms with van der Waals surface area (Å²) in [5.41, 5.74) is 6.61. The van der Waals surface area contributed by atoms with Crippen LogP contribution in [-0.4, -0.2) is 16.0 Å². The number of benzene rings is 2. The minimum absolute atomic E-state index is 0.923. The molecule has 0 atom stereocenters. The zero-order valence-electron chi connectivity index (χ0n) is 12.7. The maximum Gasteiger partial charge on any atom is 0.0752 e. The number of aromatic nitrogens is 1. The van der Waals surface area contributed by atoms with Crippen molar-refractivity contribution in [1.82, 2.24) is 4.57 Å². The molecule has 3 heteroatoms. The first-order valence-electron chi connectivity index (χ1n) is 7.23. The van der Waals surface area contributed by atoms with E-state index in [-0.39, 0.29) is 0 Å². The molecule has 3 nitrogen and oxygen atoms in total. The molecule has 2 aromatic carbocycles.